The van der Waals surface area contributed by atoms with Crippen LogP contribution in [0.15, 0.2) is 58.8 Å². The number of para-hydroxylation sites is 1. The number of hydrogen-bond donors (Lipinski definition) is 2. The predicted molar refractivity (Wildman–Crippen MR) is 107 cm³/mol. The molecule has 1 aliphatic rings. The molecule has 10 nitrogen and oxygen atoms in total. The van der Waals surface area contributed by atoms with Gasteiger partial charge >= 0.3 is 0 Å². The minimum absolute atomic E-state index is 0.0598. The Kier molecular flexibility index (Phi) is 5.50. The molecule has 2 N–H and O–H groups in total. The number of carbonyl (C=O) groups excluding carboxylic acids is 1. The molecule has 0 aliphatic carbocycles. The molecule has 0 bridgehead atoms. The Hall–Kier alpha value is -3.63. The van der Waals surface area contributed by atoms with Gasteiger partial charge in [0.05, 0.1) is 23.7 Å². The first-order valence-electron chi connectivity index (χ1n) is 9.46. The number of non-ortho nitro benzene ring substituents is 1. The summed E-state index contributed by atoms with van der Waals surface area (Å²) in [6.07, 6.45) is 0. The summed E-state index contributed by atoms with van der Waals surface area (Å²) in [5.74, 6) is -0.713. The van der Waals surface area contributed by atoms with Gasteiger partial charge in [0.1, 0.15) is 13.1 Å². The van der Waals surface area contributed by atoms with Crippen LogP contribution in [0.5, 0.6) is 5.88 Å². The van der Waals surface area contributed by atoms with Crippen LogP contribution in [0.25, 0.3) is 10.9 Å². The molecule has 1 amide bonds. The number of benzene rings is 2. The third-order valence-electron chi connectivity index (χ3n) is 5.06. The number of quaternary nitrogens is 1. The Morgan fingerprint density at radius 1 is 1.17 bits per heavy atom. The first-order valence-corrected chi connectivity index (χ1v) is 9.46. The van der Waals surface area contributed by atoms with Gasteiger partial charge in [0.15, 0.2) is 12.4 Å². The Balaban J connectivity index is 1.62. The van der Waals surface area contributed by atoms with Gasteiger partial charge in [-0.25, -0.2) is 0 Å². The van der Waals surface area contributed by atoms with E-state index in [0.717, 1.165) is 18.6 Å². The maximum Gasteiger partial charge on any atom is 0.295 e. The number of nitro benzene ring substituents is 1. The number of morpholine rings is 1. The van der Waals surface area contributed by atoms with Crippen molar-refractivity contribution in [2.45, 2.75) is 6.67 Å². The molecule has 1 saturated heterocycles. The topological polar surface area (TPSA) is 124 Å². The Morgan fingerprint density at radius 3 is 2.57 bits per heavy atom. The third-order valence-corrected chi connectivity index (χ3v) is 5.06. The molecular weight excluding hydrogens is 390 g/mol. The van der Waals surface area contributed by atoms with Gasteiger partial charge in [-0.2, -0.15) is 0 Å². The summed E-state index contributed by atoms with van der Waals surface area (Å²) >= 11 is 0. The fourth-order valence-electron chi connectivity index (χ4n) is 3.45. The van der Waals surface area contributed by atoms with Gasteiger partial charge in [0, 0.05) is 23.1 Å². The second kappa shape index (κ2) is 8.39. The highest BCUT2D eigenvalue weighted by Gasteiger charge is 2.22. The molecule has 0 atom stereocenters. The van der Waals surface area contributed by atoms with Crippen LogP contribution in [0.1, 0.15) is 10.4 Å². The number of azo groups is 1. The Bertz CT molecular complexity index is 1120. The van der Waals surface area contributed by atoms with E-state index in [1.165, 1.54) is 29.2 Å². The molecule has 0 spiro atoms. The van der Waals surface area contributed by atoms with Crippen molar-refractivity contribution in [1.82, 2.24) is 4.57 Å². The van der Waals surface area contributed by atoms with E-state index < -0.39 is 10.8 Å². The Labute approximate surface area is 171 Å². The molecule has 4 rings (SSSR count). The summed E-state index contributed by atoms with van der Waals surface area (Å²) in [6, 6.07) is 12.5. The second-order valence-electron chi connectivity index (χ2n) is 6.95. The van der Waals surface area contributed by atoms with Crippen LogP contribution in [0.4, 0.5) is 11.4 Å². The first kappa shape index (κ1) is 19.7. The minimum Gasteiger partial charge on any atom is -0.493 e. The van der Waals surface area contributed by atoms with Crippen LogP contribution < -0.4 is 4.90 Å². The number of nitrogens with zero attached hydrogens (tertiary/aromatic N) is 4. The van der Waals surface area contributed by atoms with E-state index in [1.54, 1.807) is 4.57 Å². The molecule has 2 aromatic carbocycles. The number of rotatable bonds is 5. The third kappa shape index (κ3) is 3.91. The van der Waals surface area contributed by atoms with Crippen LogP contribution in [0.2, 0.25) is 0 Å². The summed E-state index contributed by atoms with van der Waals surface area (Å²) in [7, 11) is 0. The zero-order valence-corrected chi connectivity index (χ0v) is 16.0. The number of nitro groups is 1. The maximum absolute atomic E-state index is 12.3. The fourth-order valence-corrected chi connectivity index (χ4v) is 3.45. The zero-order chi connectivity index (χ0) is 21.1. The van der Waals surface area contributed by atoms with Gasteiger partial charge in [-0.15, -0.1) is 10.2 Å². The van der Waals surface area contributed by atoms with Gasteiger partial charge in [-0.1, -0.05) is 18.2 Å². The van der Waals surface area contributed by atoms with E-state index in [1.807, 2.05) is 24.3 Å². The smallest absolute Gasteiger partial charge is 0.295 e. The number of aromatic hydroxyl groups is 1. The zero-order valence-electron chi connectivity index (χ0n) is 16.0. The molecule has 1 fully saturated rings. The number of carbonyl (C=O) groups is 1. The largest absolute Gasteiger partial charge is 0.493 e. The van der Waals surface area contributed by atoms with Crippen molar-refractivity contribution in [3.8, 4) is 5.88 Å². The molecule has 1 aliphatic heterocycles. The average molecular weight is 410 g/mol. The molecule has 30 heavy (non-hydrogen) atoms. The fraction of sp³-hybridized carbons (Fsp3) is 0.250. The van der Waals surface area contributed by atoms with Gasteiger partial charge in [-0.05, 0) is 18.2 Å². The molecule has 3 aromatic rings. The number of hydrogen-bond acceptors (Lipinski definition) is 6. The minimum atomic E-state index is -0.653. The summed E-state index contributed by atoms with van der Waals surface area (Å²) < 4.78 is 7.15. The van der Waals surface area contributed by atoms with Crippen LogP contribution in [0.3, 0.4) is 0 Å². The molecular formula is C20H20N5O5+. The van der Waals surface area contributed by atoms with Crippen LogP contribution in [-0.2, 0) is 11.4 Å². The molecule has 1 aromatic heterocycles. The van der Waals surface area contributed by atoms with Crippen LogP contribution in [0, 0.1) is 10.1 Å². The van der Waals surface area contributed by atoms with Gasteiger partial charge in [-0.3, -0.25) is 19.5 Å². The SMILES string of the molecule is O=C(N=Nc1c(O)n(C[NH+]2CCOCC2)c2ccccc12)c1ccc([N+](=O)[O-])cc1. The number of aromatic nitrogens is 1. The van der Waals surface area contributed by atoms with Crippen molar-refractivity contribution in [2.75, 3.05) is 26.3 Å². The lowest BCUT2D eigenvalue weighted by Crippen LogP contribution is -3.13. The lowest BCUT2D eigenvalue weighted by atomic mass is 10.2. The summed E-state index contributed by atoms with van der Waals surface area (Å²) in [5, 5.41) is 30.0. The molecule has 154 valence electrons. The average Bonchev–Trinajstić information content (AvgIpc) is 3.04. The van der Waals surface area contributed by atoms with Crippen molar-refractivity contribution >= 4 is 28.2 Å². The van der Waals surface area contributed by atoms with Gasteiger partial charge < -0.3 is 14.7 Å². The van der Waals surface area contributed by atoms with Crippen molar-refractivity contribution in [3.05, 3.63) is 64.2 Å². The van der Waals surface area contributed by atoms with Crippen LogP contribution >= 0.6 is 0 Å². The van der Waals surface area contributed by atoms with E-state index in [0.29, 0.717) is 25.3 Å². The molecule has 2 heterocycles. The number of nitrogens with one attached hydrogen (secondary N) is 1. The lowest BCUT2D eigenvalue weighted by molar-refractivity contribution is -0.930. The maximum atomic E-state index is 12.3. The van der Waals surface area contributed by atoms with E-state index in [9.17, 15) is 20.0 Å². The van der Waals surface area contributed by atoms with Crippen molar-refractivity contribution in [1.29, 1.82) is 0 Å². The van der Waals surface area contributed by atoms with Crippen molar-refractivity contribution in [3.63, 3.8) is 0 Å². The highest BCUT2D eigenvalue weighted by Crippen LogP contribution is 2.38. The number of amides is 1. The van der Waals surface area contributed by atoms with E-state index in [4.69, 9.17) is 4.74 Å². The Morgan fingerprint density at radius 2 is 1.87 bits per heavy atom. The number of fused-ring (bicyclic) bond motifs is 1. The molecule has 0 radical (unpaired) electrons. The van der Waals surface area contributed by atoms with E-state index >= 15 is 0 Å². The normalized spacial score (nSPS) is 15.1. The summed E-state index contributed by atoms with van der Waals surface area (Å²) in [6.45, 7) is 3.56. The van der Waals surface area contributed by atoms with E-state index in [2.05, 4.69) is 10.2 Å². The van der Waals surface area contributed by atoms with Crippen molar-refractivity contribution in [2.24, 2.45) is 10.2 Å². The number of ether oxygens (including phenoxy) is 1. The van der Waals surface area contributed by atoms with Gasteiger partial charge in [0.2, 0.25) is 5.88 Å². The predicted octanol–water partition coefficient (Wildman–Crippen LogP) is 2.05. The monoisotopic (exact) mass is 410 g/mol. The highest BCUT2D eigenvalue weighted by atomic mass is 16.6. The standard InChI is InChI=1S/C20H19N5O5/c26-19(14-5-7-15(8-6-14)25(28)29)22-21-18-16-3-1-2-4-17(16)24(20(18)27)13-23-9-11-30-12-10-23/h1-8,27H,9-13H2/p+1. The lowest BCUT2D eigenvalue weighted by Gasteiger charge is -2.24. The summed E-state index contributed by atoms with van der Waals surface area (Å²) in [5.41, 5.74) is 1.07. The summed E-state index contributed by atoms with van der Waals surface area (Å²) in [4.78, 5) is 23.8. The first-order chi connectivity index (χ1) is 14.5. The van der Waals surface area contributed by atoms with Gasteiger partial charge in [0.25, 0.3) is 11.6 Å². The van der Waals surface area contributed by atoms with E-state index in [-0.39, 0.29) is 22.8 Å². The molecule has 0 saturated carbocycles. The quantitative estimate of drug-likeness (QED) is 0.378. The highest BCUT2D eigenvalue weighted by molar-refractivity contribution is 5.97. The molecule has 10 heteroatoms. The molecule has 0 unspecified atom stereocenters. The van der Waals surface area contributed by atoms with Crippen molar-refractivity contribution < 1.29 is 24.5 Å². The van der Waals surface area contributed by atoms with Crippen LogP contribution in [-0.4, -0.2) is 46.8 Å². The second-order valence-corrected chi connectivity index (χ2v) is 6.95.